The third kappa shape index (κ3) is 2.43. The van der Waals surface area contributed by atoms with Gasteiger partial charge in [0.15, 0.2) is 0 Å². The van der Waals surface area contributed by atoms with E-state index in [2.05, 4.69) is 20.6 Å². The summed E-state index contributed by atoms with van der Waals surface area (Å²) in [6.45, 7) is 8.14. The zero-order chi connectivity index (χ0) is 14.9. The Bertz CT molecular complexity index is 556. The number of piperazine rings is 1. The highest BCUT2D eigenvalue weighted by atomic mass is 16.2. The van der Waals surface area contributed by atoms with Crippen molar-refractivity contribution in [1.29, 1.82) is 0 Å². The number of anilines is 2. The summed E-state index contributed by atoms with van der Waals surface area (Å²) in [4.78, 5) is 33.9. The topological polar surface area (TPSA) is 87.2 Å². The quantitative estimate of drug-likeness (QED) is 0.780. The molecular weight excluding hydrogens is 258 g/mol. The van der Waals surface area contributed by atoms with E-state index in [1.165, 1.54) is 0 Å². The first kappa shape index (κ1) is 14.2. The van der Waals surface area contributed by atoms with Crippen LogP contribution in [0.25, 0.3) is 0 Å². The molecule has 0 unspecified atom stereocenters. The molecule has 1 aromatic heterocycles. The maximum Gasteiger partial charge on any atom is 0.251 e. The highest BCUT2D eigenvalue weighted by Gasteiger charge is 2.42. The molecule has 0 aromatic carbocycles. The molecule has 0 aliphatic carbocycles. The lowest BCUT2D eigenvalue weighted by atomic mass is 9.98. The van der Waals surface area contributed by atoms with E-state index in [0.29, 0.717) is 18.3 Å². The number of aryl methyl sites for hydroxylation is 1. The standard InChI is InChI=1S/C13H19N5O2/c1-5-14-12-15-6-8(2)10(17-12)18-7-9(19)16-11(20)13(18,3)4/h6H,5,7H2,1-4H3,(H,14,15,17)(H,16,19,20). The van der Waals surface area contributed by atoms with E-state index in [1.54, 1.807) is 24.9 Å². The molecule has 0 saturated carbocycles. The molecule has 2 N–H and O–H groups in total. The molecule has 0 spiro atoms. The van der Waals surface area contributed by atoms with Crippen LogP contribution in [0.5, 0.6) is 0 Å². The summed E-state index contributed by atoms with van der Waals surface area (Å²) in [5.74, 6) is 0.445. The largest absolute Gasteiger partial charge is 0.354 e. The van der Waals surface area contributed by atoms with Gasteiger partial charge >= 0.3 is 0 Å². The number of nitrogens with one attached hydrogen (secondary N) is 2. The molecular formula is C13H19N5O2. The minimum absolute atomic E-state index is 0.0994. The molecule has 108 valence electrons. The summed E-state index contributed by atoms with van der Waals surface area (Å²) in [6.07, 6.45) is 1.69. The van der Waals surface area contributed by atoms with Gasteiger partial charge in [-0.1, -0.05) is 0 Å². The Morgan fingerprint density at radius 1 is 1.45 bits per heavy atom. The van der Waals surface area contributed by atoms with Crippen LogP contribution in [0, 0.1) is 6.92 Å². The van der Waals surface area contributed by atoms with Gasteiger partial charge in [-0.3, -0.25) is 14.9 Å². The van der Waals surface area contributed by atoms with Gasteiger partial charge in [0.2, 0.25) is 11.9 Å². The summed E-state index contributed by atoms with van der Waals surface area (Å²) in [5, 5.41) is 5.38. The minimum atomic E-state index is -0.837. The molecule has 1 aliphatic rings. The van der Waals surface area contributed by atoms with Crippen molar-refractivity contribution in [2.45, 2.75) is 33.2 Å². The molecule has 2 heterocycles. The molecule has 7 heteroatoms. The van der Waals surface area contributed by atoms with E-state index < -0.39 is 5.54 Å². The molecule has 1 fully saturated rings. The van der Waals surface area contributed by atoms with E-state index in [9.17, 15) is 9.59 Å². The van der Waals surface area contributed by atoms with Crippen molar-refractivity contribution in [2.24, 2.45) is 0 Å². The Morgan fingerprint density at radius 2 is 2.15 bits per heavy atom. The smallest absolute Gasteiger partial charge is 0.251 e. The number of imide groups is 1. The van der Waals surface area contributed by atoms with E-state index in [4.69, 9.17) is 0 Å². The van der Waals surface area contributed by atoms with Crippen molar-refractivity contribution in [3.63, 3.8) is 0 Å². The van der Waals surface area contributed by atoms with E-state index >= 15 is 0 Å². The number of rotatable bonds is 3. The fraction of sp³-hybridized carbons (Fsp3) is 0.538. The van der Waals surface area contributed by atoms with Gasteiger partial charge in [0.05, 0.1) is 6.54 Å². The molecule has 20 heavy (non-hydrogen) atoms. The molecule has 2 rings (SSSR count). The molecule has 2 amide bonds. The van der Waals surface area contributed by atoms with Crippen LogP contribution in [-0.2, 0) is 9.59 Å². The van der Waals surface area contributed by atoms with Gasteiger partial charge in [0, 0.05) is 18.3 Å². The maximum atomic E-state index is 12.0. The Kier molecular flexibility index (Phi) is 3.61. The van der Waals surface area contributed by atoms with Gasteiger partial charge in [-0.2, -0.15) is 4.98 Å². The lowest BCUT2D eigenvalue weighted by molar-refractivity contribution is -0.135. The van der Waals surface area contributed by atoms with Gasteiger partial charge < -0.3 is 10.2 Å². The normalized spacial score (nSPS) is 17.9. The Morgan fingerprint density at radius 3 is 2.80 bits per heavy atom. The van der Waals surface area contributed by atoms with Gasteiger partial charge in [-0.25, -0.2) is 4.98 Å². The molecule has 1 aromatic rings. The highest BCUT2D eigenvalue weighted by molar-refractivity contribution is 6.06. The summed E-state index contributed by atoms with van der Waals surface area (Å²) >= 11 is 0. The third-order valence-electron chi connectivity index (χ3n) is 3.32. The highest BCUT2D eigenvalue weighted by Crippen LogP contribution is 2.27. The summed E-state index contributed by atoms with van der Waals surface area (Å²) in [5.41, 5.74) is -0.0153. The first-order valence-corrected chi connectivity index (χ1v) is 6.55. The van der Waals surface area contributed by atoms with Crippen LogP contribution in [0.1, 0.15) is 26.3 Å². The van der Waals surface area contributed by atoms with Crippen molar-refractivity contribution in [3.05, 3.63) is 11.8 Å². The lowest BCUT2D eigenvalue weighted by Crippen LogP contribution is -2.64. The zero-order valence-corrected chi connectivity index (χ0v) is 12.1. The second kappa shape index (κ2) is 5.07. The molecule has 7 nitrogen and oxygen atoms in total. The number of hydrogen-bond donors (Lipinski definition) is 2. The minimum Gasteiger partial charge on any atom is -0.354 e. The van der Waals surface area contributed by atoms with Gasteiger partial charge in [0.25, 0.3) is 5.91 Å². The number of hydrogen-bond acceptors (Lipinski definition) is 6. The van der Waals surface area contributed by atoms with Crippen LogP contribution in [0.3, 0.4) is 0 Å². The Balaban J connectivity index is 2.45. The van der Waals surface area contributed by atoms with Crippen molar-refractivity contribution in [3.8, 4) is 0 Å². The number of aromatic nitrogens is 2. The zero-order valence-electron chi connectivity index (χ0n) is 12.1. The second-order valence-electron chi connectivity index (χ2n) is 5.25. The van der Waals surface area contributed by atoms with Gasteiger partial charge in [0.1, 0.15) is 11.4 Å². The molecule has 0 radical (unpaired) electrons. The van der Waals surface area contributed by atoms with Gasteiger partial charge in [-0.05, 0) is 27.7 Å². The molecule has 1 saturated heterocycles. The predicted octanol–water partition coefficient (Wildman–Crippen LogP) is 0.458. The van der Waals surface area contributed by atoms with Gasteiger partial charge in [-0.15, -0.1) is 0 Å². The second-order valence-corrected chi connectivity index (χ2v) is 5.25. The van der Waals surface area contributed by atoms with Crippen molar-refractivity contribution >= 4 is 23.6 Å². The lowest BCUT2D eigenvalue weighted by Gasteiger charge is -2.41. The molecule has 1 aliphatic heterocycles. The predicted molar refractivity (Wildman–Crippen MR) is 75.5 cm³/mol. The monoisotopic (exact) mass is 277 g/mol. The van der Waals surface area contributed by atoms with Crippen LogP contribution < -0.4 is 15.5 Å². The van der Waals surface area contributed by atoms with Crippen LogP contribution >= 0.6 is 0 Å². The van der Waals surface area contributed by atoms with E-state index in [1.807, 2.05) is 13.8 Å². The Labute approximate surface area is 117 Å². The number of amides is 2. The van der Waals surface area contributed by atoms with Crippen LogP contribution in [0.2, 0.25) is 0 Å². The molecule has 0 bridgehead atoms. The van der Waals surface area contributed by atoms with Crippen molar-refractivity contribution < 1.29 is 9.59 Å². The van der Waals surface area contributed by atoms with Crippen LogP contribution in [0.4, 0.5) is 11.8 Å². The van der Waals surface area contributed by atoms with Crippen LogP contribution in [-0.4, -0.2) is 40.4 Å². The fourth-order valence-corrected chi connectivity index (χ4v) is 2.07. The maximum absolute atomic E-state index is 12.0. The number of carbonyl (C=O) groups is 2. The summed E-state index contributed by atoms with van der Waals surface area (Å²) < 4.78 is 0. The first-order valence-electron chi connectivity index (χ1n) is 6.55. The molecule has 0 atom stereocenters. The van der Waals surface area contributed by atoms with Crippen LogP contribution in [0.15, 0.2) is 6.20 Å². The summed E-state index contributed by atoms with van der Waals surface area (Å²) in [7, 11) is 0. The van der Waals surface area contributed by atoms with E-state index in [0.717, 1.165) is 5.56 Å². The third-order valence-corrected chi connectivity index (χ3v) is 3.32. The summed E-state index contributed by atoms with van der Waals surface area (Å²) in [6, 6.07) is 0. The number of nitrogens with zero attached hydrogens (tertiary/aromatic N) is 3. The number of carbonyl (C=O) groups excluding carboxylic acids is 2. The average molecular weight is 277 g/mol. The first-order chi connectivity index (χ1) is 9.36. The van der Waals surface area contributed by atoms with E-state index in [-0.39, 0.29) is 18.4 Å². The van der Waals surface area contributed by atoms with Crippen molar-refractivity contribution in [2.75, 3.05) is 23.3 Å². The Hall–Kier alpha value is -2.18. The average Bonchev–Trinajstić information content (AvgIpc) is 2.37. The van der Waals surface area contributed by atoms with Crippen molar-refractivity contribution in [1.82, 2.24) is 15.3 Å². The SMILES string of the molecule is CCNc1ncc(C)c(N2CC(=O)NC(=O)C2(C)C)n1. The fourth-order valence-electron chi connectivity index (χ4n) is 2.07.